The summed E-state index contributed by atoms with van der Waals surface area (Å²) < 4.78 is 52.0. The lowest BCUT2D eigenvalue weighted by molar-refractivity contribution is 0.301. The highest BCUT2D eigenvalue weighted by atomic mass is 19.2. The lowest BCUT2D eigenvalue weighted by Crippen LogP contribution is -2.42. The Bertz CT molecular complexity index is 403. The number of hydrogen-bond donors (Lipinski definition) is 1. The highest BCUT2D eigenvalue weighted by molar-refractivity contribution is 5.48. The van der Waals surface area contributed by atoms with Crippen molar-refractivity contribution in [2.24, 2.45) is 0 Å². The van der Waals surface area contributed by atoms with Gasteiger partial charge in [0.1, 0.15) is 5.69 Å². The number of aromatic nitrogens is 1. The fourth-order valence-electron chi connectivity index (χ4n) is 1.73. The topological polar surface area (TPSA) is 24.9 Å². The van der Waals surface area contributed by atoms with Gasteiger partial charge in [-0.3, -0.25) is 0 Å². The number of nitrogens with zero attached hydrogens (tertiary/aromatic N) is 1. The van der Waals surface area contributed by atoms with Crippen LogP contribution in [0.25, 0.3) is 0 Å². The second kappa shape index (κ2) is 3.61. The molecule has 16 heavy (non-hydrogen) atoms. The van der Waals surface area contributed by atoms with Gasteiger partial charge >= 0.3 is 0 Å². The second-order valence-corrected chi connectivity index (χ2v) is 4.24. The maximum atomic E-state index is 13.2. The summed E-state index contributed by atoms with van der Waals surface area (Å²) in [7, 11) is 0. The third-order valence-corrected chi connectivity index (χ3v) is 2.88. The maximum Gasteiger partial charge on any atom is 0.253 e. The zero-order valence-corrected chi connectivity index (χ0v) is 8.58. The minimum absolute atomic E-state index is 0.498. The van der Waals surface area contributed by atoms with Crippen molar-refractivity contribution in [3.63, 3.8) is 0 Å². The van der Waals surface area contributed by atoms with E-state index in [1.54, 1.807) is 6.92 Å². The fraction of sp³-hybridized carbons (Fsp3) is 0.500. The Morgan fingerprint density at radius 3 is 1.94 bits per heavy atom. The molecular weight excluding hydrogens is 224 g/mol. The van der Waals surface area contributed by atoms with E-state index < -0.39 is 34.8 Å². The summed E-state index contributed by atoms with van der Waals surface area (Å²) in [6, 6.07) is 0. The predicted octanol–water partition coefficient (Wildman–Crippen LogP) is 2.99. The van der Waals surface area contributed by atoms with E-state index in [0.717, 1.165) is 6.42 Å². The van der Waals surface area contributed by atoms with Crippen LogP contribution in [0.1, 0.15) is 26.2 Å². The minimum Gasteiger partial charge on any atom is -0.375 e. The molecule has 0 radical (unpaired) electrons. The Balaban J connectivity index is 2.39. The molecule has 1 aliphatic carbocycles. The fourth-order valence-corrected chi connectivity index (χ4v) is 1.73. The number of nitrogens with one attached hydrogen (secondary N) is 1. The Morgan fingerprint density at radius 1 is 1.06 bits per heavy atom. The van der Waals surface area contributed by atoms with Crippen molar-refractivity contribution in [1.29, 1.82) is 0 Å². The van der Waals surface area contributed by atoms with Crippen molar-refractivity contribution < 1.29 is 17.6 Å². The first-order valence-corrected chi connectivity index (χ1v) is 4.91. The van der Waals surface area contributed by atoms with Gasteiger partial charge in [-0.25, -0.2) is 0 Å². The number of rotatable bonds is 2. The van der Waals surface area contributed by atoms with E-state index in [1.165, 1.54) is 0 Å². The van der Waals surface area contributed by atoms with Gasteiger partial charge in [0, 0.05) is 5.54 Å². The van der Waals surface area contributed by atoms with Crippen molar-refractivity contribution in [3.05, 3.63) is 23.5 Å². The minimum atomic E-state index is -1.63. The van der Waals surface area contributed by atoms with Gasteiger partial charge in [0.15, 0.2) is 0 Å². The number of pyridine rings is 1. The lowest BCUT2D eigenvalue weighted by Gasteiger charge is -2.40. The molecule has 6 heteroatoms. The van der Waals surface area contributed by atoms with Crippen LogP contribution < -0.4 is 5.32 Å². The molecular formula is C10H10F4N2. The van der Waals surface area contributed by atoms with Gasteiger partial charge in [0.25, 0.3) is 11.9 Å². The summed E-state index contributed by atoms with van der Waals surface area (Å²) >= 11 is 0. The van der Waals surface area contributed by atoms with Gasteiger partial charge in [0.2, 0.25) is 11.6 Å². The number of halogens is 4. The number of hydrogen-bond acceptors (Lipinski definition) is 2. The number of anilines is 1. The van der Waals surface area contributed by atoms with Crippen LogP contribution in [0.2, 0.25) is 0 Å². The largest absolute Gasteiger partial charge is 0.375 e. The zero-order chi connectivity index (χ0) is 11.9. The summed E-state index contributed by atoms with van der Waals surface area (Å²) in [6.45, 7) is 1.74. The van der Waals surface area contributed by atoms with Gasteiger partial charge in [-0.15, -0.1) is 0 Å². The maximum absolute atomic E-state index is 13.2. The summed E-state index contributed by atoms with van der Waals surface area (Å²) in [5, 5.41) is 2.50. The second-order valence-electron chi connectivity index (χ2n) is 4.24. The predicted molar refractivity (Wildman–Crippen MR) is 49.9 cm³/mol. The monoisotopic (exact) mass is 234 g/mol. The molecule has 2 rings (SSSR count). The molecule has 0 atom stereocenters. The first-order chi connectivity index (χ1) is 7.43. The van der Waals surface area contributed by atoms with E-state index in [1.807, 2.05) is 0 Å². The standard InChI is InChI=1S/C10H10F4N2/c1-10(3-2-4-10)16-7-5(11)8(13)15-9(14)6(7)12/h2-4H2,1H3,(H,15,16). The van der Waals surface area contributed by atoms with Gasteiger partial charge < -0.3 is 5.32 Å². The van der Waals surface area contributed by atoms with Crippen LogP contribution in [-0.4, -0.2) is 10.5 Å². The SMILES string of the molecule is CC1(Nc2c(F)c(F)nc(F)c2F)CCC1. The Morgan fingerprint density at radius 2 is 1.56 bits per heavy atom. The molecule has 1 aromatic rings. The van der Waals surface area contributed by atoms with E-state index in [2.05, 4.69) is 10.3 Å². The average molecular weight is 234 g/mol. The van der Waals surface area contributed by atoms with Crippen molar-refractivity contribution >= 4 is 5.69 Å². The van der Waals surface area contributed by atoms with Crippen LogP contribution in [0.15, 0.2) is 0 Å². The van der Waals surface area contributed by atoms with Crippen molar-refractivity contribution in [1.82, 2.24) is 4.98 Å². The van der Waals surface area contributed by atoms with E-state index in [9.17, 15) is 17.6 Å². The molecule has 0 saturated heterocycles. The third kappa shape index (κ3) is 1.72. The van der Waals surface area contributed by atoms with E-state index in [-0.39, 0.29) is 0 Å². The van der Waals surface area contributed by atoms with Crippen LogP contribution in [-0.2, 0) is 0 Å². The van der Waals surface area contributed by atoms with Crippen molar-refractivity contribution in [2.75, 3.05) is 5.32 Å². The average Bonchev–Trinajstić information content (AvgIpc) is 2.19. The molecule has 0 spiro atoms. The summed E-state index contributed by atoms with van der Waals surface area (Å²) in [5.41, 5.74) is -1.27. The first kappa shape index (κ1) is 11.2. The highest BCUT2D eigenvalue weighted by Gasteiger charge is 2.34. The molecule has 88 valence electrons. The Kier molecular flexibility index (Phi) is 2.52. The molecule has 0 unspecified atom stereocenters. The van der Waals surface area contributed by atoms with Crippen molar-refractivity contribution in [3.8, 4) is 0 Å². The molecule has 0 amide bonds. The summed E-state index contributed by atoms with van der Waals surface area (Å²) in [5.74, 6) is -6.23. The molecule has 0 aliphatic heterocycles. The third-order valence-electron chi connectivity index (χ3n) is 2.88. The molecule has 1 aromatic heterocycles. The molecule has 1 heterocycles. The van der Waals surface area contributed by atoms with Gasteiger partial charge in [0.05, 0.1) is 0 Å². The smallest absolute Gasteiger partial charge is 0.253 e. The Labute approximate surface area is 89.7 Å². The molecule has 1 saturated carbocycles. The van der Waals surface area contributed by atoms with Crippen LogP contribution in [0.3, 0.4) is 0 Å². The normalized spacial score (nSPS) is 18.1. The van der Waals surface area contributed by atoms with Crippen LogP contribution in [0.4, 0.5) is 23.2 Å². The van der Waals surface area contributed by atoms with Crippen LogP contribution >= 0.6 is 0 Å². The quantitative estimate of drug-likeness (QED) is 0.628. The van der Waals surface area contributed by atoms with E-state index in [0.29, 0.717) is 12.8 Å². The van der Waals surface area contributed by atoms with Crippen LogP contribution in [0, 0.1) is 23.5 Å². The molecule has 1 fully saturated rings. The van der Waals surface area contributed by atoms with Crippen LogP contribution in [0.5, 0.6) is 0 Å². The van der Waals surface area contributed by atoms with E-state index >= 15 is 0 Å². The van der Waals surface area contributed by atoms with Gasteiger partial charge in [-0.2, -0.15) is 22.5 Å². The highest BCUT2D eigenvalue weighted by Crippen LogP contribution is 2.36. The summed E-state index contributed by atoms with van der Waals surface area (Å²) in [4.78, 5) is 2.48. The summed E-state index contributed by atoms with van der Waals surface area (Å²) in [6.07, 6.45) is 2.33. The first-order valence-electron chi connectivity index (χ1n) is 4.91. The molecule has 2 nitrogen and oxygen atoms in total. The molecule has 1 N–H and O–H groups in total. The molecule has 1 aliphatic rings. The Hall–Kier alpha value is -1.33. The van der Waals surface area contributed by atoms with Gasteiger partial charge in [-0.05, 0) is 26.2 Å². The molecule has 0 bridgehead atoms. The van der Waals surface area contributed by atoms with Gasteiger partial charge in [-0.1, -0.05) is 0 Å². The molecule has 0 aromatic carbocycles. The zero-order valence-electron chi connectivity index (χ0n) is 8.58. The van der Waals surface area contributed by atoms with E-state index in [4.69, 9.17) is 0 Å². The van der Waals surface area contributed by atoms with Crippen molar-refractivity contribution in [2.45, 2.75) is 31.7 Å². The lowest BCUT2D eigenvalue weighted by atomic mass is 9.78.